The van der Waals surface area contributed by atoms with E-state index in [-0.39, 0.29) is 6.61 Å². The number of carbonyl (C=O) groups excluding carboxylic acids is 1. The van der Waals surface area contributed by atoms with Crippen LogP contribution in [0.2, 0.25) is 5.02 Å². The van der Waals surface area contributed by atoms with Crippen molar-refractivity contribution in [3.05, 3.63) is 28.0 Å². The molecule has 0 saturated carbocycles. The molecule has 3 nitrogen and oxygen atoms in total. The van der Waals surface area contributed by atoms with Crippen LogP contribution in [0.4, 0.5) is 22.0 Å². The Balaban J connectivity index is 3.55. The smallest absolute Gasteiger partial charge is 0.418 e. The van der Waals surface area contributed by atoms with Gasteiger partial charge in [-0.05, 0) is 6.92 Å². The summed E-state index contributed by atoms with van der Waals surface area (Å²) in [5.74, 6) is -1.36. The second-order valence-electron chi connectivity index (χ2n) is 3.26. The molecule has 0 bridgehead atoms. The van der Waals surface area contributed by atoms with Crippen LogP contribution in [0, 0.1) is 0 Å². The third-order valence-corrected chi connectivity index (χ3v) is 2.33. The highest BCUT2D eigenvalue weighted by molar-refractivity contribution is 6.31. The van der Waals surface area contributed by atoms with Crippen LogP contribution in [0.5, 0.6) is 0 Å². The fourth-order valence-electron chi connectivity index (χ4n) is 1.37. The molecule has 9 heteroatoms. The van der Waals surface area contributed by atoms with Crippen molar-refractivity contribution in [3.8, 4) is 0 Å². The molecular weight excluding hydrogens is 297 g/mol. The first-order valence-corrected chi connectivity index (χ1v) is 5.28. The van der Waals surface area contributed by atoms with Gasteiger partial charge < -0.3 is 4.74 Å². The molecule has 1 aromatic heterocycles. The zero-order chi connectivity index (χ0) is 14.8. The molecule has 0 radical (unpaired) electrons. The molecule has 1 aromatic rings. The summed E-state index contributed by atoms with van der Waals surface area (Å²) in [5.41, 5.74) is -4.44. The molecule has 0 aromatic carbocycles. The van der Waals surface area contributed by atoms with Gasteiger partial charge in [-0.1, -0.05) is 11.6 Å². The zero-order valence-electron chi connectivity index (χ0n) is 9.39. The number of rotatable bonds is 3. The van der Waals surface area contributed by atoms with Gasteiger partial charge in [0.05, 0.1) is 22.8 Å². The first kappa shape index (κ1) is 15.6. The van der Waals surface area contributed by atoms with Gasteiger partial charge in [-0.3, -0.25) is 0 Å². The minimum Gasteiger partial charge on any atom is -0.461 e. The standard InChI is InChI=1S/C10H7ClF5NO2/c1-2-19-9(18)7-5(8(12)13)6(10(14,15)16)4(11)3-17-7/h3,8H,2H2,1H3. The molecule has 1 heterocycles. The van der Waals surface area contributed by atoms with Crippen LogP contribution in [0.15, 0.2) is 6.20 Å². The number of pyridine rings is 1. The lowest BCUT2D eigenvalue weighted by molar-refractivity contribution is -0.139. The molecule has 0 amide bonds. The van der Waals surface area contributed by atoms with E-state index in [0.29, 0.717) is 6.20 Å². The van der Waals surface area contributed by atoms with Gasteiger partial charge in [-0.15, -0.1) is 0 Å². The number of halogens is 6. The highest BCUT2D eigenvalue weighted by atomic mass is 35.5. The van der Waals surface area contributed by atoms with Gasteiger partial charge in [-0.25, -0.2) is 18.6 Å². The number of ether oxygens (including phenoxy) is 1. The number of alkyl halides is 5. The maximum Gasteiger partial charge on any atom is 0.418 e. The third-order valence-electron chi connectivity index (χ3n) is 2.04. The lowest BCUT2D eigenvalue weighted by Crippen LogP contribution is -2.18. The number of hydrogen-bond donors (Lipinski definition) is 0. The summed E-state index contributed by atoms with van der Waals surface area (Å²) in [7, 11) is 0. The normalized spacial score (nSPS) is 11.8. The predicted molar refractivity (Wildman–Crippen MR) is 55.2 cm³/mol. The summed E-state index contributed by atoms with van der Waals surface area (Å²) in [6, 6.07) is 0. The summed E-state index contributed by atoms with van der Waals surface area (Å²) >= 11 is 5.24. The Bertz CT molecular complexity index is 490. The third kappa shape index (κ3) is 3.31. The Morgan fingerprint density at radius 3 is 2.47 bits per heavy atom. The molecule has 0 spiro atoms. The molecule has 0 aliphatic heterocycles. The van der Waals surface area contributed by atoms with Gasteiger partial charge in [0.25, 0.3) is 6.43 Å². The average molecular weight is 304 g/mol. The monoisotopic (exact) mass is 303 g/mol. The van der Waals surface area contributed by atoms with E-state index in [9.17, 15) is 26.7 Å². The van der Waals surface area contributed by atoms with Crippen molar-refractivity contribution >= 4 is 17.6 Å². The van der Waals surface area contributed by atoms with Gasteiger partial charge >= 0.3 is 12.1 Å². The van der Waals surface area contributed by atoms with Crippen LogP contribution in [0.25, 0.3) is 0 Å². The van der Waals surface area contributed by atoms with E-state index in [2.05, 4.69) is 9.72 Å². The lowest BCUT2D eigenvalue weighted by atomic mass is 10.1. The fraction of sp³-hybridized carbons (Fsp3) is 0.400. The average Bonchev–Trinajstić information content (AvgIpc) is 2.26. The molecule has 0 fully saturated rings. The Hall–Kier alpha value is -1.44. The van der Waals surface area contributed by atoms with Crippen LogP contribution in [-0.2, 0) is 10.9 Å². The second-order valence-corrected chi connectivity index (χ2v) is 3.67. The first-order valence-electron chi connectivity index (χ1n) is 4.91. The zero-order valence-corrected chi connectivity index (χ0v) is 10.1. The van der Waals surface area contributed by atoms with Crippen LogP contribution in [-0.4, -0.2) is 17.6 Å². The molecule has 0 unspecified atom stereocenters. The second kappa shape index (κ2) is 5.68. The molecule has 0 aliphatic carbocycles. The summed E-state index contributed by atoms with van der Waals surface area (Å²) in [4.78, 5) is 14.5. The van der Waals surface area contributed by atoms with Crippen molar-refractivity contribution in [2.24, 2.45) is 0 Å². The van der Waals surface area contributed by atoms with E-state index in [1.807, 2.05) is 0 Å². The van der Waals surface area contributed by atoms with E-state index in [0.717, 1.165) is 0 Å². The predicted octanol–water partition coefficient (Wildman–Crippen LogP) is 3.87. The van der Waals surface area contributed by atoms with Crippen LogP contribution < -0.4 is 0 Å². The van der Waals surface area contributed by atoms with Gasteiger partial charge in [0.2, 0.25) is 0 Å². The Morgan fingerprint density at radius 2 is 2.05 bits per heavy atom. The maximum absolute atomic E-state index is 12.8. The minimum atomic E-state index is -5.13. The van der Waals surface area contributed by atoms with Crippen molar-refractivity contribution in [2.75, 3.05) is 6.61 Å². The number of carbonyl (C=O) groups is 1. The molecule has 19 heavy (non-hydrogen) atoms. The number of aromatic nitrogens is 1. The Labute approximate surface area is 109 Å². The van der Waals surface area contributed by atoms with Crippen molar-refractivity contribution in [2.45, 2.75) is 19.5 Å². The van der Waals surface area contributed by atoms with E-state index in [1.165, 1.54) is 6.92 Å². The van der Waals surface area contributed by atoms with Gasteiger partial charge in [0.15, 0.2) is 5.69 Å². The molecule has 0 N–H and O–H groups in total. The van der Waals surface area contributed by atoms with E-state index in [4.69, 9.17) is 11.6 Å². The Kier molecular flexibility index (Phi) is 4.67. The topological polar surface area (TPSA) is 39.2 Å². The highest BCUT2D eigenvalue weighted by Crippen LogP contribution is 2.41. The van der Waals surface area contributed by atoms with Gasteiger partial charge in [0.1, 0.15) is 0 Å². The molecular formula is C10H7ClF5NO2. The molecule has 0 atom stereocenters. The van der Waals surface area contributed by atoms with Crippen LogP contribution >= 0.6 is 11.6 Å². The number of nitrogens with zero attached hydrogens (tertiary/aromatic N) is 1. The van der Waals surface area contributed by atoms with E-state index < -0.39 is 40.4 Å². The molecule has 0 saturated heterocycles. The van der Waals surface area contributed by atoms with Gasteiger partial charge in [0, 0.05) is 6.20 Å². The number of esters is 1. The Morgan fingerprint density at radius 1 is 1.47 bits per heavy atom. The number of hydrogen-bond acceptors (Lipinski definition) is 3. The minimum absolute atomic E-state index is 0.187. The lowest BCUT2D eigenvalue weighted by Gasteiger charge is -2.16. The van der Waals surface area contributed by atoms with Gasteiger partial charge in [-0.2, -0.15) is 13.2 Å². The van der Waals surface area contributed by atoms with Crippen molar-refractivity contribution in [1.82, 2.24) is 4.98 Å². The highest BCUT2D eigenvalue weighted by Gasteiger charge is 2.41. The molecule has 1 rings (SSSR count). The summed E-state index contributed by atoms with van der Waals surface area (Å²) in [6.45, 7) is 1.19. The van der Waals surface area contributed by atoms with Crippen molar-refractivity contribution in [1.29, 1.82) is 0 Å². The molecule has 0 aliphatic rings. The van der Waals surface area contributed by atoms with Crippen LogP contribution in [0.3, 0.4) is 0 Å². The summed E-state index contributed by atoms with van der Waals surface area (Å²) in [5, 5.41) is -1.00. The fourth-order valence-corrected chi connectivity index (χ4v) is 1.62. The van der Waals surface area contributed by atoms with Crippen molar-refractivity contribution in [3.63, 3.8) is 0 Å². The quantitative estimate of drug-likeness (QED) is 0.628. The SMILES string of the molecule is CCOC(=O)c1ncc(Cl)c(C(F)(F)F)c1C(F)F. The molecule has 106 valence electrons. The van der Waals surface area contributed by atoms with E-state index >= 15 is 0 Å². The first-order chi connectivity index (χ1) is 8.70. The van der Waals surface area contributed by atoms with Crippen LogP contribution in [0.1, 0.15) is 35.0 Å². The van der Waals surface area contributed by atoms with E-state index in [1.54, 1.807) is 0 Å². The van der Waals surface area contributed by atoms with Crippen molar-refractivity contribution < 1.29 is 31.5 Å². The summed E-state index contributed by atoms with van der Waals surface area (Å²) < 4.78 is 68.1. The summed E-state index contributed by atoms with van der Waals surface area (Å²) in [6.07, 6.45) is -8.21. The largest absolute Gasteiger partial charge is 0.461 e. The maximum atomic E-state index is 12.8.